The second-order valence-corrected chi connectivity index (χ2v) is 6.20. The van der Waals surface area contributed by atoms with E-state index in [0.29, 0.717) is 24.5 Å². The molecule has 1 saturated heterocycles. The number of morpholine rings is 1. The Hall–Kier alpha value is -1.82. The summed E-state index contributed by atoms with van der Waals surface area (Å²) < 4.78 is 20.0. The van der Waals surface area contributed by atoms with Crippen LogP contribution in [-0.4, -0.2) is 37.4 Å². The molecule has 1 aromatic carbocycles. The Morgan fingerprint density at radius 1 is 1.27 bits per heavy atom. The standard InChI is InChI=1S/C16H22FN3O2/c1-10-8-20(9-11(2)22-10)15-6-5-13(7-14(15)17)19-16(21)18-12-3-4-12/h5-7,10-12H,3-4,8-9H2,1-2H3,(H2,18,19,21)/t10-,11+. The first-order chi connectivity index (χ1) is 10.5. The number of carbonyl (C=O) groups is 1. The van der Waals surface area contributed by atoms with Crippen LogP contribution in [0.15, 0.2) is 18.2 Å². The minimum atomic E-state index is -0.328. The van der Waals surface area contributed by atoms with Gasteiger partial charge in [-0.2, -0.15) is 0 Å². The van der Waals surface area contributed by atoms with Gasteiger partial charge in [0.25, 0.3) is 0 Å². The Labute approximate surface area is 129 Å². The highest BCUT2D eigenvalue weighted by Gasteiger charge is 2.25. The summed E-state index contributed by atoms with van der Waals surface area (Å²) in [5, 5.41) is 5.48. The number of rotatable bonds is 3. The van der Waals surface area contributed by atoms with Crippen molar-refractivity contribution < 1.29 is 13.9 Å². The molecule has 2 N–H and O–H groups in total. The van der Waals surface area contributed by atoms with Crippen molar-refractivity contribution in [3.05, 3.63) is 24.0 Å². The molecule has 0 spiro atoms. The molecule has 0 bridgehead atoms. The normalized spacial score (nSPS) is 25.0. The molecule has 3 rings (SSSR count). The molecule has 1 heterocycles. The van der Waals surface area contributed by atoms with E-state index in [0.717, 1.165) is 12.8 Å². The Kier molecular flexibility index (Phi) is 4.20. The molecule has 0 radical (unpaired) electrons. The number of halogens is 1. The van der Waals surface area contributed by atoms with Gasteiger partial charge in [0.05, 0.1) is 17.9 Å². The summed E-state index contributed by atoms with van der Waals surface area (Å²) in [6, 6.07) is 4.82. The molecule has 1 aliphatic carbocycles. The van der Waals surface area contributed by atoms with Crippen LogP contribution in [0.1, 0.15) is 26.7 Å². The minimum absolute atomic E-state index is 0.0743. The second kappa shape index (κ2) is 6.12. The zero-order valence-corrected chi connectivity index (χ0v) is 12.9. The van der Waals surface area contributed by atoms with Crippen molar-refractivity contribution in [2.75, 3.05) is 23.3 Å². The monoisotopic (exact) mass is 307 g/mol. The topological polar surface area (TPSA) is 53.6 Å². The van der Waals surface area contributed by atoms with Crippen molar-refractivity contribution in [1.82, 2.24) is 5.32 Å². The van der Waals surface area contributed by atoms with E-state index < -0.39 is 0 Å². The molecular formula is C16H22FN3O2. The predicted molar refractivity (Wildman–Crippen MR) is 83.8 cm³/mol. The maximum absolute atomic E-state index is 14.4. The smallest absolute Gasteiger partial charge is 0.319 e. The highest BCUT2D eigenvalue weighted by Crippen LogP contribution is 2.26. The van der Waals surface area contributed by atoms with Gasteiger partial charge in [0.1, 0.15) is 5.82 Å². The Bertz CT molecular complexity index is 552. The van der Waals surface area contributed by atoms with Crippen LogP contribution in [0.4, 0.5) is 20.6 Å². The Morgan fingerprint density at radius 3 is 2.55 bits per heavy atom. The molecular weight excluding hydrogens is 285 g/mol. The maximum atomic E-state index is 14.4. The molecule has 120 valence electrons. The number of ether oxygens (including phenoxy) is 1. The molecule has 6 heteroatoms. The predicted octanol–water partition coefficient (Wildman–Crippen LogP) is 2.72. The van der Waals surface area contributed by atoms with Gasteiger partial charge in [0, 0.05) is 24.8 Å². The van der Waals surface area contributed by atoms with Gasteiger partial charge >= 0.3 is 6.03 Å². The summed E-state index contributed by atoms with van der Waals surface area (Å²) in [7, 11) is 0. The first kappa shape index (κ1) is 15.1. The van der Waals surface area contributed by atoms with E-state index in [1.807, 2.05) is 18.7 Å². The van der Waals surface area contributed by atoms with Crippen LogP contribution < -0.4 is 15.5 Å². The molecule has 1 aliphatic heterocycles. The van der Waals surface area contributed by atoms with Crippen LogP contribution in [0.25, 0.3) is 0 Å². The summed E-state index contributed by atoms with van der Waals surface area (Å²) in [5.41, 5.74) is 1.02. The third-order valence-corrected chi connectivity index (χ3v) is 3.88. The zero-order chi connectivity index (χ0) is 15.7. The average Bonchev–Trinajstić information content (AvgIpc) is 3.21. The highest BCUT2D eigenvalue weighted by molar-refractivity contribution is 5.89. The van der Waals surface area contributed by atoms with Crippen molar-refractivity contribution in [2.24, 2.45) is 0 Å². The van der Waals surface area contributed by atoms with E-state index >= 15 is 0 Å². The molecule has 0 aromatic heterocycles. The molecule has 2 fully saturated rings. The zero-order valence-electron chi connectivity index (χ0n) is 12.9. The van der Waals surface area contributed by atoms with Crippen LogP contribution in [0.3, 0.4) is 0 Å². The molecule has 5 nitrogen and oxygen atoms in total. The summed E-state index contributed by atoms with van der Waals surface area (Å²) >= 11 is 0. The van der Waals surface area contributed by atoms with E-state index in [2.05, 4.69) is 10.6 Å². The van der Waals surface area contributed by atoms with Crippen LogP contribution >= 0.6 is 0 Å². The maximum Gasteiger partial charge on any atom is 0.319 e. The molecule has 1 aromatic rings. The highest BCUT2D eigenvalue weighted by atomic mass is 19.1. The molecule has 2 aliphatic rings. The lowest BCUT2D eigenvalue weighted by atomic mass is 10.2. The van der Waals surface area contributed by atoms with E-state index in [4.69, 9.17) is 4.74 Å². The van der Waals surface area contributed by atoms with Crippen molar-refractivity contribution in [2.45, 2.75) is 44.9 Å². The van der Waals surface area contributed by atoms with Gasteiger partial charge in [0.15, 0.2) is 0 Å². The van der Waals surface area contributed by atoms with Gasteiger partial charge in [-0.05, 0) is 44.9 Å². The summed E-state index contributed by atoms with van der Waals surface area (Å²) in [6.45, 7) is 5.30. The van der Waals surface area contributed by atoms with Crippen molar-refractivity contribution in [3.8, 4) is 0 Å². The lowest BCUT2D eigenvalue weighted by Crippen LogP contribution is -2.45. The van der Waals surface area contributed by atoms with E-state index in [-0.39, 0.29) is 30.1 Å². The third-order valence-electron chi connectivity index (χ3n) is 3.88. The van der Waals surface area contributed by atoms with Crippen molar-refractivity contribution >= 4 is 17.4 Å². The molecule has 2 atom stereocenters. The Balaban J connectivity index is 1.67. The SMILES string of the molecule is C[C@@H]1CN(c2ccc(NC(=O)NC3CC3)cc2F)C[C@H](C)O1. The van der Waals surface area contributed by atoms with Crippen LogP contribution in [0.2, 0.25) is 0 Å². The summed E-state index contributed by atoms with van der Waals surface area (Å²) in [5.74, 6) is -0.328. The quantitative estimate of drug-likeness (QED) is 0.903. The van der Waals surface area contributed by atoms with E-state index in [1.54, 1.807) is 12.1 Å². The third kappa shape index (κ3) is 3.68. The fraction of sp³-hybridized carbons (Fsp3) is 0.562. The number of carbonyl (C=O) groups excluding carboxylic acids is 1. The average molecular weight is 307 g/mol. The first-order valence-corrected chi connectivity index (χ1v) is 7.78. The molecule has 22 heavy (non-hydrogen) atoms. The number of benzene rings is 1. The molecule has 2 amide bonds. The van der Waals surface area contributed by atoms with E-state index in [1.165, 1.54) is 6.07 Å². The summed E-state index contributed by atoms with van der Waals surface area (Å²) in [6.07, 6.45) is 2.19. The summed E-state index contributed by atoms with van der Waals surface area (Å²) in [4.78, 5) is 13.7. The number of anilines is 2. The lowest BCUT2D eigenvalue weighted by Gasteiger charge is -2.37. The molecule has 0 unspecified atom stereocenters. The van der Waals surface area contributed by atoms with Gasteiger partial charge in [-0.3, -0.25) is 0 Å². The lowest BCUT2D eigenvalue weighted by molar-refractivity contribution is -0.00539. The molecule has 1 saturated carbocycles. The first-order valence-electron chi connectivity index (χ1n) is 7.78. The van der Waals surface area contributed by atoms with Gasteiger partial charge < -0.3 is 20.3 Å². The van der Waals surface area contributed by atoms with E-state index in [9.17, 15) is 9.18 Å². The van der Waals surface area contributed by atoms with Crippen molar-refractivity contribution in [1.29, 1.82) is 0 Å². The number of amides is 2. The van der Waals surface area contributed by atoms with Gasteiger partial charge in [-0.25, -0.2) is 9.18 Å². The number of nitrogens with one attached hydrogen (secondary N) is 2. The van der Waals surface area contributed by atoms with Gasteiger partial charge in [-0.1, -0.05) is 0 Å². The number of hydrogen-bond donors (Lipinski definition) is 2. The number of hydrogen-bond acceptors (Lipinski definition) is 3. The van der Waals surface area contributed by atoms with Crippen LogP contribution in [0, 0.1) is 5.82 Å². The minimum Gasteiger partial charge on any atom is -0.372 e. The second-order valence-electron chi connectivity index (χ2n) is 6.20. The van der Waals surface area contributed by atoms with Gasteiger partial charge in [-0.15, -0.1) is 0 Å². The fourth-order valence-corrected chi connectivity index (χ4v) is 2.80. The van der Waals surface area contributed by atoms with Gasteiger partial charge in [0.2, 0.25) is 0 Å². The largest absolute Gasteiger partial charge is 0.372 e. The number of nitrogens with zero attached hydrogens (tertiary/aromatic N) is 1. The van der Waals surface area contributed by atoms with Crippen LogP contribution in [0.5, 0.6) is 0 Å². The van der Waals surface area contributed by atoms with Crippen LogP contribution in [-0.2, 0) is 4.74 Å². The van der Waals surface area contributed by atoms with Crippen molar-refractivity contribution in [3.63, 3.8) is 0 Å². The number of urea groups is 1. The Morgan fingerprint density at radius 2 is 1.95 bits per heavy atom. The fourth-order valence-electron chi connectivity index (χ4n) is 2.80.